The quantitative estimate of drug-likeness (QED) is 0.747. The second-order valence-electron chi connectivity index (χ2n) is 8.11. The summed E-state index contributed by atoms with van der Waals surface area (Å²) in [7, 11) is 0. The fourth-order valence-electron chi connectivity index (χ4n) is 4.57. The average molecular weight is 415 g/mol. The Hall–Kier alpha value is -2.77. The van der Waals surface area contributed by atoms with E-state index in [0.717, 1.165) is 35.5 Å². The number of ether oxygens (including phenoxy) is 2. The lowest BCUT2D eigenvalue weighted by Crippen LogP contribution is -2.47. The van der Waals surface area contributed by atoms with Crippen molar-refractivity contribution in [3.8, 4) is 11.5 Å². The van der Waals surface area contributed by atoms with Crippen molar-refractivity contribution in [2.75, 3.05) is 26.3 Å². The molecule has 1 aromatic rings. The number of carbonyl (C=O) groups is 3. The normalized spacial score (nSPS) is 22.8. The van der Waals surface area contributed by atoms with Crippen LogP contribution in [0.5, 0.6) is 11.5 Å². The number of hydrogen-bond acceptors (Lipinski definition) is 5. The molecule has 0 spiro atoms. The summed E-state index contributed by atoms with van der Waals surface area (Å²) in [6, 6.07) is 5.23. The summed E-state index contributed by atoms with van der Waals surface area (Å²) in [4.78, 5) is 41.2. The maximum Gasteiger partial charge on any atom is 0.325 e. The Morgan fingerprint density at radius 3 is 2.57 bits per heavy atom. The Morgan fingerprint density at radius 2 is 1.87 bits per heavy atom. The SMILES string of the molecule is CCC1(CC)NC(=O)N(CC(=O)N2CCCC2c2ccc3c(c2)OCCCO3)C1=O. The van der Waals surface area contributed by atoms with Crippen molar-refractivity contribution in [1.82, 2.24) is 15.1 Å². The van der Waals surface area contributed by atoms with Crippen LogP contribution in [0.2, 0.25) is 0 Å². The number of nitrogens with one attached hydrogen (secondary N) is 1. The van der Waals surface area contributed by atoms with Crippen LogP contribution in [0.25, 0.3) is 0 Å². The van der Waals surface area contributed by atoms with E-state index < -0.39 is 11.6 Å². The van der Waals surface area contributed by atoms with Gasteiger partial charge in [0.15, 0.2) is 11.5 Å². The van der Waals surface area contributed by atoms with Gasteiger partial charge in [-0.3, -0.25) is 14.5 Å². The van der Waals surface area contributed by atoms with Gasteiger partial charge in [-0.15, -0.1) is 0 Å². The number of benzene rings is 1. The Labute approximate surface area is 176 Å². The lowest BCUT2D eigenvalue weighted by molar-refractivity contribution is -0.139. The minimum atomic E-state index is -0.893. The summed E-state index contributed by atoms with van der Waals surface area (Å²) in [5, 5.41) is 2.78. The summed E-state index contributed by atoms with van der Waals surface area (Å²) in [5.74, 6) is 0.907. The Kier molecular flexibility index (Phi) is 5.58. The highest BCUT2D eigenvalue weighted by Crippen LogP contribution is 2.38. The fraction of sp³-hybridized carbons (Fsp3) is 0.591. The Balaban J connectivity index is 1.50. The molecule has 1 aromatic carbocycles. The summed E-state index contributed by atoms with van der Waals surface area (Å²) < 4.78 is 11.5. The van der Waals surface area contributed by atoms with Crippen LogP contribution >= 0.6 is 0 Å². The monoisotopic (exact) mass is 415 g/mol. The first-order chi connectivity index (χ1) is 14.5. The zero-order valence-corrected chi connectivity index (χ0v) is 17.6. The third-order valence-corrected chi connectivity index (χ3v) is 6.48. The number of fused-ring (bicyclic) bond motifs is 1. The van der Waals surface area contributed by atoms with Gasteiger partial charge in [0, 0.05) is 13.0 Å². The summed E-state index contributed by atoms with van der Waals surface area (Å²) in [5.41, 5.74) is 0.0922. The number of carbonyl (C=O) groups excluding carboxylic acids is 3. The van der Waals surface area contributed by atoms with Gasteiger partial charge in [-0.25, -0.2) is 4.79 Å². The topological polar surface area (TPSA) is 88.2 Å². The van der Waals surface area contributed by atoms with Crippen LogP contribution in [-0.2, 0) is 9.59 Å². The van der Waals surface area contributed by atoms with E-state index in [2.05, 4.69) is 5.32 Å². The molecule has 4 rings (SSSR count). The van der Waals surface area contributed by atoms with E-state index in [4.69, 9.17) is 9.47 Å². The van der Waals surface area contributed by atoms with E-state index in [1.165, 1.54) is 0 Å². The van der Waals surface area contributed by atoms with Crippen LogP contribution in [0.4, 0.5) is 4.79 Å². The predicted octanol–water partition coefficient (Wildman–Crippen LogP) is 2.62. The van der Waals surface area contributed by atoms with E-state index >= 15 is 0 Å². The van der Waals surface area contributed by atoms with Gasteiger partial charge in [-0.05, 0) is 43.4 Å². The molecule has 0 bridgehead atoms. The number of nitrogens with zero attached hydrogens (tertiary/aromatic N) is 2. The number of imide groups is 1. The Bertz CT molecular complexity index is 851. The van der Waals surface area contributed by atoms with Crippen molar-refractivity contribution >= 4 is 17.8 Å². The summed E-state index contributed by atoms with van der Waals surface area (Å²) in [6.45, 7) is 5.35. The van der Waals surface area contributed by atoms with Crippen molar-refractivity contribution in [2.45, 2.75) is 57.5 Å². The highest BCUT2D eigenvalue weighted by Gasteiger charge is 2.49. The first kappa shape index (κ1) is 20.5. The van der Waals surface area contributed by atoms with Crippen molar-refractivity contribution in [3.63, 3.8) is 0 Å². The van der Waals surface area contributed by atoms with Crippen molar-refractivity contribution in [3.05, 3.63) is 23.8 Å². The van der Waals surface area contributed by atoms with E-state index in [1.807, 2.05) is 32.0 Å². The van der Waals surface area contributed by atoms with Crippen LogP contribution in [0.3, 0.4) is 0 Å². The minimum absolute atomic E-state index is 0.0995. The van der Waals surface area contributed by atoms with Crippen LogP contribution in [0.15, 0.2) is 18.2 Å². The molecular weight excluding hydrogens is 386 g/mol. The molecule has 30 heavy (non-hydrogen) atoms. The highest BCUT2D eigenvalue weighted by atomic mass is 16.5. The van der Waals surface area contributed by atoms with Crippen LogP contribution in [-0.4, -0.2) is 59.5 Å². The molecule has 1 N–H and O–H groups in total. The predicted molar refractivity (Wildman–Crippen MR) is 109 cm³/mol. The molecule has 8 heteroatoms. The van der Waals surface area contributed by atoms with Gasteiger partial charge in [0.05, 0.1) is 19.3 Å². The standard InChI is InChI=1S/C22H29N3O5/c1-3-22(4-2)20(27)25(21(28)23-22)14-19(26)24-10-5-7-16(24)15-8-9-17-18(13-15)30-12-6-11-29-17/h8-9,13,16H,3-7,10-12,14H2,1-2H3,(H,23,28). The molecule has 3 aliphatic heterocycles. The second-order valence-corrected chi connectivity index (χ2v) is 8.11. The minimum Gasteiger partial charge on any atom is -0.490 e. The number of rotatable bonds is 5. The lowest BCUT2D eigenvalue weighted by Gasteiger charge is -2.27. The molecule has 3 aliphatic rings. The van der Waals surface area contributed by atoms with Gasteiger partial charge < -0.3 is 19.7 Å². The van der Waals surface area contributed by atoms with Crippen molar-refractivity contribution in [1.29, 1.82) is 0 Å². The molecule has 0 radical (unpaired) electrons. The maximum atomic E-state index is 13.1. The first-order valence-electron chi connectivity index (χ1n) is 10.8. The Morgan fingerprint density at radius 1 is 1.13 bits per heavy atom. The second kappa shape index (κ2) is 8.16. The lowest BCUT2D eigenvalue weighted by atomic mass is 9.93. The molecule has 1 atom stereocenters. The van der Waals surface area contributed by atoms with Crippen molar-refractivity contribution in [2.24, 2.45) is 0 Å². The van der Waals surface area contributed by atoms with Gasteiger partial charge in [0.2, 0.25) is 5.91 Å². The third kappa shape index (κ3) is 3.48. The fourth-order valence-corrected chi connectivity index (χ4v) is 4.57. The molecule has 2 fully saturated rings. The molecular formula is C22H29N3O5. The molecule has 3 heterocycles. The highest BCUT2D eigenvalue weighted by molar-refractivity contribution is 6.09. The summed E-state index contributed by atoms with van der Waals surface area (Å²) >= 11 is 0. The van der Waals surface area contributed by atoms with E-state index in [1.54, 1.807) is 4.90 Å². The maximum absolute atomic E-state index is 13.1. The van der Waals surface area contributed by atoms with E-state index in [9.17, 15) is 14.4 Å². The van der Waals surface area contributed by atoms with Gasteiger partial charge in [-0.1, -0.05) is 19.9 Å². The number of amides is 4. The van der Waals surface area contributed by atoms with E-state index in [-0.39, 0.29) is 24.4 Å². The summed E-state index contributed by atoms with van der Waals surface area (Å²) in [6.07, 6.45) is 3.55. The van der Waals surface area contributed by atoms with Crippen molar-refractivity contribution < 1.29 is 23.9 Å². The molecule has 4 amide bonds. The largest absolute Gasteiger partial charge is 0.490 e. The van der Waals surface area contributed by atoms with Gasteiger partial charge >= 0.3 is 6.03 Å². The average Bonchev–Trinajstić information content (AvgIpc) is 3.24. The number of hydrogen-bond donors (Lipinski definition) is 1. The number of urea groups is 1. The van der Waals surface area contributed by atoms with Crippen LogP contribution in [0.1, 0.15) is 57.6 Å². The molecule has 2 saturated heterocycles. The number of likely N-dealkylation sites (tertiary alicyclic amines) is 1. The van der Waals surface area contributed by atoms with Crippen LogP contribution < -0.4 is 14.8 Å². The zero-order chi connectivity index (χ0) is 21.3. The third-order valence-electron chi connectivity index (χ3n) is 6.48. The van der Waals surface area contributed by atoms with Gasteiger partial charge in [0.25, 0.3) is 5.91 Å². The molecule has 0 aliphatic carbocycles. The van der Waals surface area contributed by atoms with Crippen LogP contribution in [0, 0.1) is 0 Å². The molecule has 162 valence electrons. The molecule has 1 unspecified atom stereocenters. The zero-order valence-electron chi connectivity index (χ0n) is 17.6. The molecule has 0 saturated carbocycles. The smallest absolute Gasteiger partial charge is 0.325 e. The van der Waals surface area contributed by atoms with E-state index in [0.29, 0.717) is 38.3 Å². The first-order valence-corrected chi connectivity index (χ1v) is 10.8. The molecule has 0 aromatic heterocycles. The molecule has 8 nitrogen and oxygen atoms in total. The van der Waals surface area contributed by atoms with Gasteiger partial charge in [-0.2, -0.15) is 0 Å². The van der Waals surface area contributed by atoms with Gasteiger partial charge in [0.1, 0.15) is 12.1 Å².